The molecular formula is C13H16INO6. The van der Waals surface area contributed by atoms with E-state index in [-0.39, 0.29) is 0 Å². The maximum atomic E-state index is 12.0. The minimum Gasteiger partial charge on any atom is -0.394 e. The van der Waals surface area contributed by atoms with E-state index in [0.29, 0.717) is 5.56 Å². The summed E-state index contributed by atoms with van der Waals surface area (Å²) < 4.78 is 6.17. The molecule has 116 valence electrons. The van der Waals surface area contributed by atoms with Crippen LogP contribution in [0.5, 0.6) is 0 Å². The lowest BCUT2D eigenvalue weighted by atomic mass is 9.98. The molecular weight excluding hydrogens is 393 g/mol. The molecule has 0 aliphatic carbocycles. The number of aliphatic hydroxyl groups excluding tert-OH is 4. The van der Waals surface area contributed by atoms with Gasteiger partial charge < -0.3 is 30.5 Å². The molecule has 1 aliphatic rings. The molecule has 0 unspecified atom stereocenters. The summed E-state index contributed by atoms with van der Waals surface area (Å²) in [4.78, 5) is 12.0. The van der Waals surface area contributed by atoms with Gasteiger partial charge in [-0.25, -0.2) is 0 Å². The molecule has 1 aromatic carbocycles. The maximum absolute atomic E-state index is 12.0. The third-order valence-corrected chi connectivity index (χ3v) is 3.99. The topological polar surface area (TPSA) is 119 Å². The number of aliphatic hydroxyl groups is 4. The predicted octanol–water partition coefficient (Wildman–Crippen LogP) is -1.18. The van der Waals surface area contributed by atoms with Gasteiger partial charge in [0.15, 0.2) is 6.23 Å². The van der Waals surface area contributed by atoms with Crippen LogP contribution in [0.4, 0.5) is 0 Å². The summed E-state index contributed by atoms with van der Waals surface area (Å²) in [5.41, 5.74) is 0.368. The molecule has 0 spiro atoms. The van der Waals surface area contributed by atoms with Crippen molar-refractivity contribution in [3.63, 3.8) is 0 Å². The summed E-state index contributed by atoms with van der Waals surface area (Å²) in [6.45, 7) is -0.541. The van der Waals surface area contributed by atoms with Crippen LogP contribution in [0.2, 0.25) is 0 Å². The van der Waals surface area contributed by atoms with E-state index in [1.807, 2.05) is 0 Å². The van der Waals surface area contributed by atoms with Crippen LogP contribution >= 0.6 is 22.6 Å². The fourth-order valence-electron chi connectivity index (χ4n) is 2.03. The van der Waals surface area contributed by atoms with E-state index in [9.17, 15) is 20.1 Å². The summed E-state index contributed by atoms with van der Waals surface area (Å²) >= 11 is 2.11. The number of ether oxygens (including phenoxy) is 1. The van der Waals surface area contributed by atoms with Gasteiger partial charge in [-0.2, -0.15) is 0 Å². The molecule has 1 aliphatic heterocycles. The minimum absolute atomic E-state index is 0.368. The van der Waals surface area contributed by atoms with E-state index < -0.39 is 43.2 Å². The average molecular weight is 409 g/mol. The smallest absolute Gasteiger partial charge is 0.253 e. The zero-order valence-electron chi connectivity index (χ0n) is 10.9. The fraction of sp³-hybridized carbons (Fsp3) is 0.462. The van der Waals surface area contributed by atoms with Crippen molar-refractivity contribution in [2.75, 3.05) is 6.61 Å². The summed E-state index contributed by atoms with van der Waals surface area (Å²) in [7, 11) is 0. The Morgan fingerprint density at radius 2 is 1.76 bits per heavy atom. The van der Waals surface area contributed by atoms with Crippen LogP contribution in [0, 0.1) is 3.57 Å². The predicted molar refractivity (Wildman–Crippen MR) is 80.4 cm³/mol. The number of nitrogens with one attached hydrogen (secondary N) is 1. The normalized spacial score (nSPS) is 32.7. The standard InChI is InChI=1S/C13H16INO6/c14-7-3-1-6(2-4-7)12(20)15-13-11(19)10(18)9(17)8(5-16)21-13/h1-4,8-11,13,16-19H,5H2,(H,15,20)/t8-,9+,10+,11-,13+/m1/s1. The van der Waals surface area contributed by atoms with Gasteiger partial charge >= 0.3 is 0 Å². The molecule has 1 heterocycles. The number of carbonyl (C=O) groups excluding carboxylic acids is 1. The van der Waals surface area contributed by atoms with E-state index >= 15 is 0 Å². The Labute approximate surface area is 134 Å². The lowest BCUT2D eigenvalue weighted by molar-refractivity contribution is -0.233. The molecule has 1 saturated heterocycles. The molecule has 1 amide bonds. The van der Waals surface area contributed by atoms with Crippen LogP contribution < -0.4 is 5.32 Å². The van der Waals surface area contributed by atoms with Crippen molar-refractivity contribution in [2.45, 2.75) is 30.6 Å². The SMILES string of the molecule is O=C(N[C@H]1O[C@H](CO)[C@H](O)[C@H](O)[C@H]1O)c1ccc(I)cc1. The molecule has 7 nitrogen and oxygen atoms in total. The summed E-state index contributed by atoms with van der Waals surface area (Å²) in [6, 6.07) is 6.73. The van der Waals surface area contributed by atoms with E-state index in [4.69, 9.17) is 9.84 Å². The molecule has 1 fully saturated rings. The number of amides is 1. The molecule has 0 bridgehead atoms. The van der Waals surface area contributed by atoms with Crippen LogP contribution in [-0.2, 0) is 4.74 Å². The van der Waals surface area contributed by atoms with Crippen LogP contribution in [0.25, 0.3) is 0 Å². The number of hydrogen-bond acceptors (Lipinski definition) is 6. The molecule has 0 saturated carbocycles. The van der Waals surface area contributed by atoms with Crippen molar-refractivity contribution in [3.05, 3.63) is 33.4 Å². The molecule has 1 aromatic rings. The van der Waals surface area contributed by atoms with Crippen LogP contribution in [-0.4, -0.2) is 63.6 Å². The van der Waals surface area contributed by atoms with Gasteiger partial charge in [-0.3, -0.25) is 4.79 Å². The van der Waals surface area contributed by atoms with Gasteiger partial charge in [0.05, 0.1) is 6.61 Å². The first-order chi connectivity index (χ1) is 9.93. The Morgan fingerprint density at radius 1 is 1.14 bits per heavy atom. The van der Waals surface area contributed by atoms with Gasteiger partial charge in [0.1, 0.15) is 24.4 Å². The van der Waals surface area contributed by atoms with Crippen LogP contribution in [0.1, 0.15) is 10.4 Å². The van der Waals surface area contributed by atoms with Gasteiger partial charge in [-0.15, -0.1) is 0 Å². The van der Waals surface area contributed by atoms with Gasteiger partial charge in [0, 0.05) is 9.13 Å². The third kappa shape index (κ3) is 3.71. The summed E-state index contributed by atoms with van der Waals surface area (Å²) in [5, 5.41) is 40.6. The lowest BCUT2D eigenvalue weighted by Gasteiger charge is -2.40. The Bertz CT molecular complexity index is 494. The van der Waals surface area contributed by atoms with E-state index in [2.05, 4.69) is 27.9 Å². The largest absolute Gasteiger partial charge is 0.394 e. The van der Waals surface area contributed by atoms with Crippen molar-refractivity contribution in [2.24, 2.45) is 0 Å². The fourth-order valence-corrected chi connectivity index (χ4v) is 2.39. The summed E-state index contributed by atoms with van der Waals surface area (Å²) in [6.07, 6.45) is -6.72. The van der Waals surface area contributed by atoms with Crippen molar-refractivity contribution in [3.8, 4) is 0 Å². The molecule has 5 N–H and O–H groups in total. The molecule has 21 heavy (non-hydrogen) atoms. The van der Waals surface area contributed by atoms with Crippen LogP contribution in [0.15, 0.2) is 24.3 Å². The van der Waals surface area contributed by atoms with Gasteiger partial charge in [0.2, 0.25) is 0 Å². The highest BCUT2D eigenvalue weighted by Crippen LogP contribution is 2.20. The molecule has 2 rings (SSSR count). The Morgan fingerprint density at radius 3 is 2.33 bits per heavy atom. The zero-order valence-corrected chi connectivity index (χ0v) is 13.0. The first kappa shape index (κ1) is 16.6. The number of benzene rings is 1. The van der Waals surface area contributed by atoms with E-state index in [1.165, 1.54) is 0 Å². The summed E-state index contributed by atoms with van der Waals surface area (Å²) in [5.74, 6) is -0.490. The van der Waals surface area contributed by atoms with Crippen molar-refractivity contribution >= 4 is 28.5 Å². The van der Waals surface area contributed by atoms with Crippen LogP contribution in [0.3, 0.4) is 0 Å². The highest BCUT2D eigenvalue weighted by molar-refractivity contribution is 14.1. The van der Waals surface area contributed by atoms with Crippen molar-refractivity contribution in [1.29, 1.82) is 0 Å². The highest BCUT2D eigenvalue weighted by Gasteiger charge is 2.43. The number of carbonyl (C=O) groups is 1. The highest BCUT2D eigenvalue weighted by atomic mass is 127. The van der Waals surface area contributed by atoms with E-state index in [1.54, 1.807) is 24.3 Å². The first-order valence-corrected chi connectivity index (χ1v) is 7.39. The van der Waals surface area contributed by atoms with Crippen molar-refractivity contribution < 1.29 is 30.0 Å². The Hall–Kier alpha value is -0.780. The van der Waals surface area contributed by atoms with Gasteiger partial charge in [-0.1, -0.05) is 0 Å². The van der Waals surface area contributed by atoms with Gasteiger partial charge in [0.25, 0.3) is 5.91 Å². The second kappa shape index (κ2) is 6.99. The lowest BCUT2D eigenvalue weighted by Crippen LogP contribution is -2.63. The second-order valence-corrected chi connectivity index (χ2v) is 5.98. The average Bonchev–Trinajstić information content (AvgIpc) is 2.48. The molecule has 0 radical (unpaired) electrons. The zero-order chi connectivity index (χ0) is 15.6. The molecule has 5 atom stereocenters. The molecule has 8 heteroatoms. The number of halogens is 1. The van der Waals surface area contributed by atoms with Gasteiger partial charge in [-0.05, 0) is 46.9 Å². The maximum Gasteiger partial charge on any atom is 0.253 e. The quantitative estimate of drug-likeness (QED) is 0.401. The monoisotopic (exact) mass is 409 g/mol. The minimum atomic E-state index is -1.52. The number of hydrogen-bond donors (Lipinski definition) is 5. The third-order valence-electron chi connectivity index (χ3n) is 3.27. The molecule has 0 aromatic heterocycles. The Kier molecular flexibility index (Phi) is 5.52. The second-order valence-electron chi connectivity index (χ2n) is 4.73. The number of rotatable bonds is 3. The van der Waals surface area contributed by atoms with E-state index in [0.717, 1.165) is 3.57 Å². The van der Waals surface area contributed by atoms with Crippen molar-refractivity contribution in [1.82, 2.24) is 5.32 Å². The Balaban J connectivity index is 2.07. The first-order valence-electron chi connectivity index (χ1n) is 6.31.